The number of hydrogen-bond donors (Lipinski definition) is 0. The molecule has 0 atom stereocenters. The van der Waals surface area contributed by atoms with Gasteiger partial charge in [0, 0.05) is 33.4 Å². The van der Waals surface area contributed by atoms with Gasteiger partial charge in [0.25, 0.3) is 5.91 Å². The van der Waals surface area contributed by atoms with Gasteiger partial charge < -0.3 is 4.90 Å². The van der Waals surface area contributed by atoms with Crippen molar-refractivity contribution in [2.45, 2.75) is 26.3 Å². The third kappa shape index (κ3) is 3.18. The number of benzene rings is 1. The Balaban J connectivity index is 2.30. The molecule has 19 heavy (non-hydrogen) atoms. The highest BCUT2D eigenvalue weighted by molar-refractivity contribution is 9.09. The van der Waals surface area contributed by atoms with Crippen molar-refractivity contribution < 1.29 is 4.79 Å². The van der Waals surface area contributed by atoms with Gasteiger partial charge in [0.15, 0.2) is 0 Å². The molecule has 102 valence electrons. The maximum absolute atomic E-state index is 12.7. The van der Waals surface area contributed by atoms with Gasteiger partial charge in [0.05, 0.1) is 5.56 Å². The average Bonchev–Trinajstić information content (AvgIpc) is 2.82. The zero-order valence-corrected chi connectivity index (χ0v) is 13.6. The Labute approximate surface area is 126 Å². The zero-order valence-electron chi connectivity index (χ0n) is 11.2. The van der Waals surface area contributed by atoms with Gasteiger partial charge in [-0.1, -0.05) is 34.1 Å². The minimum atomic E-state index is 0.147. The third-order valence-corrected chi connectivity index (χ3v) is 4.65. The van der Waals surface area contributed by atoms with Crippen LogP contribution in [0.3, 0.4) is 0 Å². The Morgan fingerprint density at radius 3 is 2.79 bits per heavy atom. The summed E-state index contributed by atoms with van der Waals surface area (Å²) in [7, 11) is 0. The Morgan fingerprint density at radius 1 is 1.37 bits per heavy atom. The maximum atomic E-state index is 12.7. The van der Waals surface area contributed by atoms with E-state index in [1.165, 1.54) is 4.70 Å². The molecule has 1 aromatic carbocycles. The second kappa shape index (κ2) is 6.53. The van der Waals surface area contributed by atoms with E-state index in [0.29, 0.717) is 0 Å². The molecule has 0 unspecified atom stereocenters. The van der Waals surface area contributed by atoms with Gasteiger partial charge in [-0.25, -0.2) is 0 Å². The van der Waals surface area contributed by atoms with E-state index in [4.69, 9.17) is 0 Å². The normalized spacial score (nSPS) is 11.2. The van der Waals surface area contributed by atoms with E-state index in [-0.39, 0.29) is 11.9 Å². The fraction of sp³-hybridized carbons (Fsp3) is 0.400. The molecule has 0 spiro atoms. The molecule has 2 nitrogen and oxygen atoms in total. The van der Waals surface area contributed by atoms with Crippen LogP contribution in [-0.4, -0.2) is 28.7 Å². The smallest absolute Gasteiger partial charge is 0.255 e. The largest absolute Gasteiger partial charge is 0.336 e. The van der Waals surface area contributed by atoms with E-state index in [9.17, 15) is 4.79 Å². The predicted octanol–water partition coefficient (Wildman–Crippen LogP) is 4.54. The third-order valence-electron chi connectivity index (χ3n) is 3.13. The number of fused-ring (bicyclic) bond motifs is 1. The van der Waals surface area contributed by atoms with E-state index in [0.717, 1.165) is 29.2 Å². The first kappa shape index (κ1) is 14.5. The molecule has 4 heteroatoms. The summed E-state index contributed by atoms with van der Waals surface area (Å²) in [4.78, 5) is 14.6. The zero-order chi connectivity index (χ0) is 13.8. The summed E-state index contributed by atoms with van der Waals surface area (Å²) >= 11 is 5.07. The molecule has 0 saturated carbocycles. The van der Waals surface area contributed by atoms with Crippen molar-refractivity contribution in [2.75, 3.05) is 11.9 Å². The monoisotopic (exact) mass is 339 g/mol. The van der Waals surface area contributed by atoms with Crippen LogP contribution in [0.4, 0.5) is 0 Å². The van der Waals surface area contributed by atoms with Crippen LogP contribution in [0.2, 0.25) is 0 Å². The number of halogens is 1. The summed E-state index contributed by atoms with van der Waals surface area (Å²) < 4.78 is 1.18. The molecule has 2 aromatic rings. The quantitative estimate of drug-likeness (QED) is 0.732. The second-order valence-electron chi connectivity index (χ2n) is 4.78. The Hall–Kier alpha value is -0.870. The number of amides is 1. The molecule has 0 bridgehead atoms. The molecule has 0 fully saturated rings. The number of carbonyl (C=O) groups is 1. The van der Waals surface area contributed by atoms with Gasteiger partial charge in [-0.05, 0) is 26.3 Å². The summed E-state index contributed by atoms with van der Waals surface area (Å²) in [5.41, 5.74) is 0.837. The summed E-state index contributed by atoms with van der Waals surface area (Å²) in [6.07, 6.45) is 0.978. The van der Waals surface area contributed by atoms with Crippen molar-refractivity contribution >= 4 is 43.3 Å². The van der Waals surface area contributed by atoms with E-state index in [1.807, 2.05) is 28.5 Å². The second-order valence-corrected chi connectivity index (χ2v) is 6.48. The highest BCUT2D eigenvalue weighted by Crippen LogP contribution is 2.27. The van der Waals surface area contributed by atoms with Crippen molar-refractivity contribution in [1.82, 2.24) is 4.90 Å². The summed E-state index contributed by atoms with van der Waals surface area (Å²) in [5.74, 6) is 0.147. The van der Waals surface area contributed by atoms with Crippen LogP contribution < -0.4 is 0 Å². The van der Waals surface area contributed by atoms with Crippen LogP contribution >= 0.6 is 27.3 Å². The maximum Gasteiger partial charge on any atom is 0.255 e. The summed E-state index contributed by atoms with van der Waals surface area (Å²) in [6, 6.07) is 8.32. The summed E-state index contributed by atoms with van der Waals surface area (Å²) in [5, 5.41) is 3.98. The number of carbonyl (C=O) groups excluding carboxylic acids is 1. The van der Waals surface area contributed by atoms with E-state index in [2.05, 4.69) is 35.8 Å². The van der Waals surface area contributed by atoms with E-state index < -0.39 is 0 Å². The highest BCUT2D eigenvalue weighted by atomic mass is 79.9. The Bertz CT molecular complexity index is 564. The lowest BCUT2D eigenvalue weighted by Gasteiger charge is -2.26. The van der Waals surface area contributed by atoms with E-state index >= 15 is 0 Å². The number of hydrogen-bond acceptors (Lipinski definition) is 2. The molecular formula is C15H18BrNOS. The lowest BCUT2D eigenvalue weighted by atomic mass is 10.1. The standard InChI is InChI=1S/C15H18BrNOS/c1-11(2)17(9-5-8-16)15(18)13-10-19-14-7-4-3-6-12(13)14/h3-4,6-7,10-11H,5,8-9H2,1-2H3. The first-order valence-corrected chi connectivity index (χ1v) is 8.48. The van der Waals surface area contributed by atoms with Crippen molar-refractivity contribution in [2.24, 2.45) is 0 Å². The fourth-order valence-corrected chi connectivity index (χ4v) is 3.31. The minimum absolute atomic E-state index is 0.147. The lowest BCUT2D eigenvalue weighted by molar-refractivity contribution is 0.0709. The number of rotatable bonds is 5. The highest BCUT2D eigenvalue weighted by Gasteiger charge is 2.20. The molecule has 0 aliphatic carbocycles. The van der Waals surface area contributed by atoms with Gasteiger partial charge in [0.2, 0.25) is 0 Å². The van der Waals surface area contributed by atoms with Crippen molar-refractivity contribution in [3.8, 4) is 0 Å². The average molecular weight is 340 g/mol. The first-order chi connectivity index (χ1) is 9.15. The Morgan fingerprint density at radius 2 is 2.11 bits per heavy atom. The topological polar surface area (TPSA) is 20.3 Å². The summed E-state index contributed by atoms with van der Waals surface area (Å²) in [6.45, 7) is 4.94. The number of thiophene rings is 1. The molecule has 1 heterocycles. The van der Waals surface area contributed by atoms with Crippen LogP contribution in [0.1, 0.15) is 30.6 Å². The van der Waals surface area contributed by atoms with Gasteiger partial charge in [-0.2, -0.15) is 0 Å². The molecule has 0 saturated heterocycles. The first-order valence-electron chi connectivity index (χ1n) is 6.48. The van der Waals surface area contributed by atoms with Crippen LogP contribution in [0.5, 0.6) is 0 Å². The molecule has 0 N–H and O–H groups in total. The van der Waals surface area contributed by atoms with Gasteiger partial charge in [-0.15, -0.1) is 11.3 Å². The molecular weight excluding hydrogens is 322 g/mol. The predicted molar refractivity (Wildman–Crippen MR) is 86.4 cm³/mol. The number of nitrogens with zero attached hydrogens (tertiary/aromatic N) is 1. The SMILES string of the molecule is CC(C)N(CCCBr)C(=O)c1csc2ccccc12. The van der Waals surface area contributed by atoms with Gasteiger partial charge >= 0.3 is 0 Å². The van der Waals surface area contributed by atoms with Gasteiger partial charge in [-0.3, -0.25) is 4.79 Å². The van der Waals surface area contributed by atoms with Crippen LogP contribution in [0.25, 0.3) is 10.1 Å². The number of alkyl halides is 1. The van der Waals surface area contributed by atoms with E-state index in [1.54, 1.807) is 11.3 Å². The van der Waals surface area contributed by atoms with Crippen molar-refractivity contribution in [3.63, 3.8) is 0 Å². The van der Waals surface area contributed by atoms with Crippen LogP contribution in [0, 0.1) is 0 Å². The molecule has 2 rings (SSSR count). The molecule has 1 aromatic heterocycles. The van der Waals surface area contributed by atoms with Crippen molar-refractivity contribution in [1.29, 1.82) is 0 Å². The molecule has 0 aliphatic heterocycles. The molecule has 0 aliphatic rings. The van der Waals surface area contributed by atoms with Crippen LogP contribution in [-0.2, 0) is 0 Å². The fourth-order valence-electron chi connectivity index (χ4n) is 2.12. The molecule has 0 radical (unpaired) electrons. The lowest BCUT2D eigenvalue weighted by Crippen LogP contribution is -2.37. The minimum Gasteiger partial charge on any atom is -0.336 e. The Kier molecular flexibility index (Phi) is 4.99. The van der Waals surface area contributed by atoms with Crippen molar-refractivity contribution in [3.05, 3.63) is 35.2 Å². The molecule has 1 amide bonds. The van der Waals surface area contributed by atoms with Crippen LogP contribution in [0.15, 0.2) is 29.6 Å². The van der Waals surface area contributed by atoms with Gasteiger partial charge in [0.1, 0.15) is 0 Å².